The summed E-state index contributed by atoms with van der Waals surface area (Å²) in [4.78, 5) is 0. The molecular formula is C14H23NO2. The van der Waals surface area contributed by atoms with Crippen molar-refractivity contribution in [2.45, 2.75) is 38.8 Å². The zero-order chi connectivity index (χ0) is 13.1. The van der Waals surface area contributed by atoms with Crippen LogP contribution in [0.3, 0.4) is 0 Å². The largest absolute Gasteiger partial charge is 0.497 e. The first-order valence-corrected chi connectivity index (χ1v) is 5.93. The van der Waals surface area contributed by atoms with Gasteiger partial charge in [-0.2, -0.15) is 0 Å². The molecule has 2 N–H and O–H groups in total. The van der Waals surface area contributed by atoms with Gasteiger partial charge in [0.05, 0.1) is 18.8 Å². The normalized spacial score (nSPS) is 16.4. The highest BCUT2D eigenvalue weighted by Crippen LogP contribution is 2.32. The van der Waals surface area contributed by atoms with E-state index in [2.05, 4.69) is 6.92 Å². The van der Waals surface area contributed by atoms with Crippen molar-refractivity contribution in [3.8, 4) is 5.75 Å². The minimum atomic E-state index is -0.334. The third-order valence-electron chi connectivity index (χ3n) is 3.64. The monoisotopic (exact) mass is 237 g/mol. The number of benzene rings is 1. The summed E-state index contributed by atoms with van der Waals surface area (Å²) in [5.41, 5.74) is 8.23. The SMILES string of the molecule is CCC(C)(OC)C(N)c1ccc(OC)cc1C. The number of aryl methyl sites for hydroxylation is 1. The van der Waals surface area contributed by atoms with Crippen LogP contribution in [0.15, 0.2) is 18.2 Å². The Bertz CT molecular complexity index is 372. The van der Waals surface area contributed by atoms with Crippen LogP contribution in [0, 0.1) is 6.92 Å². The molecule has 0 saturated heterocycles. The van der Waals surface area contributed by atoms with Gasteiger partial charge >= 0.3 is 0 Å². The summed E-state index contributed by atoms with van der Waals surface area (Å²) >= 11 is 0. The Morgan fingerprint density at radius 3 is 2.41 bits per heavy atom. The highest BCUT2D eigenvalue weighted by molar-refractivity contribution is 5.37. The minimum absolute atomic E-state index is 0.136. The number of hydrogen-bond donors (Lipinski definition) is 1. The molecule has 0 spiro atoms. The van der Waals surface area contributed by atoms with Crippen LogP contribution in [0.2, 0.25) is 0 Å². The van der Waals surface area contributed by atoms with Crippen LogP contribution in [-0.2, 0) is 4.74 Å². The summed E-state index contributed by atoms with van der Waals surface area (Å²) < 4.78 is 10.8. The van der Waals surface area contributed by atoms with Crippen molar-refractivity contribution >= 4 is 0 Å². The van der Waals surface area contributed by atoms with Crippen molar-refractivity contribution in [2.24, 2.45) is 5.73 Å². The van der Waals surface area contributed by atoms with Crippen LogP contribution >= 0.6 is 0 Å². The fourth-order valence-electron chi connectivity index (χ4n) is 1.94. The lowest BCUT2D eigenvalue weighted by atomic mass is 9.86. The molecule has 0 heterocycles. The Kier molecular flexibility index (Phi) is 4.54. The lowest BCUT2D eigenvalue weighted by molar-refractivity contribution is -0.0196. The summed E-state index contributed by atoms with van der Waals surface area (Å²) in [5, 5.41) is 0. The van der Waals surface area contributed by atoms with Crippen molar-refractivity contribution in [2.75, 3.05) is 14.2 Å². The molecule has 0 aromatic heterocycles. The fraction of sp³-hybridized carbons (Fsp3) is 0.571. The Labute approximate surface area is 104 Å². The topological polar surface area (TPSA) is 44.5 Å². The van der Waals surface area contributed by atoms with Crippen LogP contribution in [0.5, 0.6) is 5.75 Å². The third kappa shape index (κ3) is 2.79. The predicted molar refractivity (Wildman–Crippen MR) is 70.4 cm³/mol. The second-order valence-corrected chi connectivity index (χ2v) is 4.57. The maximum Gasteiger partial charge on any atom is 0.119 e. The van der Waals surface area contributed by atoms with E-state index in [0.29, 0.717) is 0 Å². The molecule has 2 unspecified atom stereocenters. The van der Waals surface area contributed by atoms with Crippen LogP contribution in [0.25, 0.3) is 0 Å². The van der Waals surface area contributed by atoms with Crippen molar-refractivity contribution in [1.82, 2.24) is 0 Å². The summed E-state index contributed by atoms with van der Waals surface area (Å²) in [7, 11) is 3.38. The average molecular weight is 237 g/mol. The maximum atomic E-state index is 6.32. The zero-order valence-electron chi connectivity index (χ0n) is 11.4. The van der Waals surface area contributed by atoms with E-state index < -0.39 is 0 Å². The van der Waals surface area contributed by atoms with E-state index in [1.54, 1.807) is 14.2 Å². The van der Waals surface area contributed by atoms with E-state index in [9.17, 15) is 0 Å². The number of rotatable bonds is 5. The molecule has 0 aliphatic rings. The molecule has 1 rings (SSSR count). The Balaban J connectivity index is 3.08. The number of hydrogen-bond acceptors (Lipinski definition) is 3. The van der Waals surface area contributed by atoms with Gasteiger partial charge < -0.3 is 15.2 Å². The standard InChI is InChI=1S/C14H23NO2/c1-6-14(3,17-5)13(15)12-8-7-11(16-4)9-10(12)2/h7-9,13H,6,15H2,1-5H3. The first-order valence-electron chi connectivity index (χ1n) is 5.93. The van der Waals surface area contributed by atoms with Gasteiger partial charge in [0.2, 0.25) is 0 Å². The van der Waals surface area contributed by atoms with E-state index in [4.69, 9.17) is 15.2 Å². The van der Waals surface area contributed by atoms with E-state index in [-0.39, 0.29) is 11.6 Å². The molecule has 1 aromatic carbocycles. The van der Waals surface area contributed by atoms with Crippen molar-refractivity contribution in [1.29, 1.82) is 0 Å². The summed E-state index contributed by atoms with van der Waals surface area (Å²) in [6.07, 6.45) is 0.871. The molecule has 0 aliphatic heterocycles. The van der Waals surface area contributed by atoms with Crippen LogP contribution in [0.4, 0.5) is 0 Å². The van der Waals surface area contributed by atoms with E-state index in [0.717, 1.165) is 23.3 Å². The van der Waals surface area contributed by atoms with Crippen LogP contribution in [0.1, 0.15) is 37.4 Å². The molecule has 96 valence electrons. The second kappa shape index (κ2) is 5.52. The first-order chi connectivity index (χ1) is 7.98. The van der Waals surface area contributed by atoms with Gasteiger partial charge in [-0.1, -0.05) is 13.0 Å². The van der Waals surface area contributed by atoms with Crippen LogP contribution < -0.4 is 10.5 Å². The molecule has 0 bridgehead atoms. The molecule has 3 heteroatoms. The number of nitrogens with two attached hydrogens (primary N) is 1. The molecule has 0 aliphatic carbocycles. The molecule has 17 heavy (non-hydrogen) atoms. The van der Waals surface area contributed by atoms with Crippen LogP contribution in [-0.4, -0.2) is 19.8 Å². The van der Waals surface area contributed by atoms with E-state index >= 15 is 0 Å². The molecule has 0 fully saturated rings. The highest BCUT2D eigenvalue weighted by atomic mass is 16.5. The average Bonchev–Trinajstić information content (AvgIpc) is 2.36. The van der Waals surface area contributed by atoms with Gasteiger partial charge in [-0.15, -0.1) is 0 Å². The van der Waals surface area contributed by atoms with Gasteiger partial charge in [0.15, 0.2) is 0 Å². The molecular weight excluding hydrogens is 214 g/mol. The van der Waals surface area contributed by atoms with E-state index in [1.165, 1.54) is 0 Å². The summed E-state index contributed by atoms with van der Waals surface area (Å²) in [6, 6.07) is 5.82. The first kappa shape index (κ1) is 14.0. The predicted octanol–water partition coefficient (Wildman–Crippen LogP) is 2.82. The quantitative estimate of drug-likeness (QED) is 0.856. The fourth-order valence-corrected chi connectivity index (χ4v) is 1.94. The third-order valence-corrected chi connectivity index (χ3v) is 3.64. The molecule has 0 saturated carbocycles. The van der Waals surface area contributed by atoms with Gasteiger partial charge in [-0.3, -0.25) is 0 Å². The summed E-state index contributed by atoms with van der Waals surface area (Å²) in [5.74, 6) is 0.856. The lowest BCUT2D eigenvalue weighted by Gasteiger charge is -2.34. The highest BCUT2D eigenvalue weighted by Gasteiger charge is 2.31. The maximum absolute atomic E-state index is 6.32. The lowest BCUT2D eigenvalue weighted by Crippen LogP contribution is -2.40. The van der Waals surface area contributed by atoms with Crippen molar-refractivity contribution in [3.63, 3.8) is 0 Å². The second-order valence-electron chi connectivity index (χ2n) is 4.57. The molecule has 3 nitrogen and oxygen atoms in total. The molecule has 2 atom stereocenters. The Morgan fingerprint density at radius 2 is 2.00 bits per heavy atom. The van der Waals surface area contributed by atoms with Gasteiger partial charge in [0.1, 0.15) is 5.75 Å². The summed E-state index contributed by atoms with van der Waals surface area (Å²) in [6.45, 7) is 6.17. The molecule has 1 aromatic rings. The molecule has 0 amide bonds. The van der Waals surface area contributed by atoms with Gasteiger partial charge in [0, 0.05) is 7.11 Å². The van der Waals surface area contributed by atoms with Gasteiger partial charge in [0.25, 0.3) is 0 Å². The molecule has 0 radical (unpaired) electrons. The minimum Gasteiger partial charge on any atom is -0.497 e. The number of methoxy groups -OCH3 is 2. The zero-order valence-corrected chi connectivity index (χ0v) is 11.4. The smallest absolute Gasteiger partial charge is 0.119 e. The van der Waals surface area contributed by atoms with Gasteiger partial charge in [-0.25, -0.2) is 0 Å². The van der Waals surface area contributed by atoms with E-state index in [1.807, 2.05) is 32.0 Å². The Morgan fingerprint density at radius 1 is 1.35 bits per heavy atom. The van der Waals surface area contributed by atoms with Crippen molar-refractivity contribution in [3.05, 3.63) is 29.3 Å². The van der Waals surface area contributed by atoms with Gasteiger partial charge in [-0.05, 0) is 43.5 Å². The number of ether oxygens (including phenoxy) is 2. The Hall–Kier alpha value is -1.06. The van der Waals surface area contributed by atoms with Crippen molar-refractivity contribution < 1.29 is 9.47 Å².